The standard InChI is InChI=1S/C22H16N2S/c1-2-6-14(7-3-1)24-21-11-20-16(15-8-4-5-9-19(15)23-20)10-17(21)18-12-25-13-22(18)24/h1-6,8-14,23H,7H2. The third-order valence-corrected chi connectivity index (χ3v) is 6.09. The Balaban J connectivity index is 1.77. The van der Waals surface area contributed by atoms with E-state index >= 15 is 0 Å². The zero-order chi connectivity index (χ0) is 16.4. The Kier molecular flexibility index (Phi) is 2.63. The van der Waals surface area contributed by atoms with Gasteiger partial charge >= 0.3 is 0 Å². The molecule has 3 heteroatoms. The van der Waals surface area contributed by atoms with E-state index in [1.807, 2.05) is 0 Å². The number of hydrogen-bond acceptors (Lipinski definition) is 1. The monoisotopic (exact) mass is 340 g/mol. The van der Waals surface area contributed by atoms with Gasteiger partial charge < -0.3 is 9.55 Å². The van der Waals surface area contributed by atoms with Crippen molar-refractivity contribution < 1.29 is 0 Å². The molecule has 6 rings (SSSR count). The fraction of sp³-hybridized carbons (Fsp3) is 0.0909. The van der Waals surface area contributed by atoms with E-state index in [0.29, 0.717) is 6.04 Å². The van der Waals surface area contributed by atoms with Gasteiger partial charge in [0.05, 0.1) is 17.1 Å². The van der Waals surface area contributed by atoms with Crippen molar-refractivity contribution >= 4 is 54.9 Å². The number of H-pyrrole nitrogens is 1. The smallest absolute Gasteiger partial charge is 0.0605 e. The van der Waals surface area contributed by atoms with E-state index in [9.17, 15) is 0 Å². The second-order valence-corrected chi connectivity index (χ2v) is 7.49. The Morgan fingerprint density at radius 1 is 0.880 bits per heavy atom. The number of aromatic nitrogens is 2. The molecule has 0 spiro atoms. The number of nitrogens with one attached hydrogen (secondary N) is 1. The summed E-state index contributed by atoms with van der Waals surface area (Å²) >= 11 is 1.79. The molecule has 0 amide bonds. The van der Waals surface area contributed by atoms with Gasteiger partial charge in [-0.15, -0.1) is 11.3 Å². The summed E-state index contributed by atoms with van der Waals surface area (Å²) in [5, 5.41) is 9.92. The summed E-state index contributed by atoms with van der Waals surface area (Å²) in [7, 11) is 0. The van der Waals surface area contributed by atoms with Crippen LogP contribution in [0.3, 0.4) is 0 Å². The lowest BCUT2D eigenvalue weighted by Crippen LogP contribution is -2.06. The van der Waals surface area contributed by atoms with Crippen LogP contribution in [0.1, 0.15) is 12.5 Å². The minimum absolute atomic E-state index is 0.390. The molecule has 120 valence electrons. The Morgan fingerprint density at radius 2 is 1.84 bits per heavy atom. The van der Waals surface area contributed by atoms with Crippen molar-refractivity contribution in [2.45, 2.75) is 12.5 Å². The maximum absolute atomic E-state index is 3.59. The molecule has 1 N–H and O–H groups in total. The van der Waals surface area contributed by atoms with E-state index in [0.717, 1.165) is 6.42 Å². The first-order valence-corrected chi connectivity index (χ1v) is 9.58. The molecule has 3 aromatic heterocycles. The van der Waals surface area contributed by atoms with E-state index in [2.05, 4.69) is 81.0 Å². The molecule has 0 bridgehead atoms. The highest BCUT2D eigenvalue weighted by Crippen LogP contribution is 2.39. The number of hydrogen-bond donors (Lipinski definition) is 1. The fourth-order valence-corrected chi connectivity index (χ4v) is 5.05. The van der Waals surface area contributed by atoms with Gasteiger partial charge in [-0.05, 0) is 24.6 Å². The topological polar surface area (TPSA) is 20.7 Å². The van der Waals surface area contributed by atoms with Crippen LogP contribution in [0.4, 0.5) is 0 Å². The van der Waals surface area contributed by atoms with Crippen LogP contribution < -0.4 is 0 Å². The zero-order valence-electron chi connectivity index (χ0n) is 13.6. The maximum Gasteiger partial charge on any atom is 0.0605 e. The highest BCUT2D eigenvalue weighted by Gasteiger charge is 2.19. The summed E-state index contributed by atoms with van der Waals surface area (Å²) < 4.78 is 2.51. The molecule has 1 atom stereocenters. The molecule has 25 heavy (non-hydrogen) atoms. The molecular formula is C22H16N2S. The van der Waals surface area contributed by atoms with E-state index in [4.69, 9.17) is 0 Å². The fourth-order valence-electron chi connectivity index (χ4n) is 4.23. The van der Waals surface area contributed by atoms with Crippen LogP contribution in [0.5, 0.6) is 0 Å². The lowest BCUT2D eigenvalue weighted by molar-refractivity contribution is 0.648. The van der Waals surface area contributed by atoms with Crippen LogP contribution in [0, 0.1) is 0 Å². The molecule has 1 unspecified atom stereocenters. The van der Waals surface area contributed by atoms with Crippen molar-refractivity contribution in [3.05, 3.63) is 71.5 Å². The number of thiophene rings is 1. The number of rotatable bonds is 1. The lowest BCUT2D eigenvalue weighted by Gasteiger charge is -2.17. The van der Waals surface area contributed by atoms with Crippen LogP contribution in [-0.4, -0.2) is 9.55 Å². The summed E-state index contributed by atoms with van der Waals surface area (Å²) in [6, 6.07) is 13.7. The quantitative estimate of drug-likeness (QED) is 0.357. The molecule has 1 aliphatic rings. The minimum Gasteiger partial charge on any atom is -0.354 e. The van der Waals surface area contributed by atoms with Crippen LogP contribution in [0.25, 0.3) is 43.6 Å². The minimum atomic E-state index is 0.390. The molecule has 2 aromatic carbocycles. The average Bonchev–Trinajstić information content (AvgIpc) is 3.32. The normalized spacial score (nSPS) is 17.5. The van der Waals surface area contributed by atoms with E-state index in [1.54, 1.807) is 11.3 Å². The number of allylic oxidation sites excluding steroid dienone is 4. The predicted octanol–water partition coefficient (Wildman–Crippen LogP) is 6.55. The lowest BCUT2D eigenvalue weighted by atomic mass is 10.1. The molecule has 3 heterocycles. The molecule has 2 nitrogen and oxygen atoms in total. The summed E-state index contributed by atoms with van der Waals surface area (Å²) in [6.07, 6.45) is 9.93. The summed E-state index contributed by atoms with van der Waals surface area (Å²) in [6.45, 7) is 0. The Bertz CT molecular complexity index is 1330. The Labute approximate surface area is 148 Å². The van der Waals surface area contributed by atoms with Crippen LogP contribution in [0.15, 0.2) is 71.5 Å². The zero-order valence-corrected chi connectivity index (χ0v) is 14.4. The average molecular weight is 340 g/mol. The van der Waals surface area contributed by atoms with Crippen molar-refractivity contribution in [2.75, 3.05) is 0 Å². The van der Waals surface area contributed by atoms with Gasteiger partial charge in [-0.2, -0.15) is 0 Å². The molecule has 0 fully saturated rings. The van der Waals surface area contributed by atoms with Crippen molar-refractivity contribution in [1.29, 1.82) is 0 Å². The van der Waals surface area contributed by atoms with Gasteiger partial charge in [0, 0.05) is 43.3 Å². The van der Waals surface area contributed by atoms with Crippen molar-refractivity contribution in [3.63, 3.8) is 0 Å². The van der Waals surface area contributed by atoms with Crippen LogP contribution in [0.2, 0.25) is 0 Å². The third-order valence-electron chi connectivity index (χ3n) is 5.36. The van der Waals surface area contributed by atoms with E-state index in [-0.39, 0.29) is 0 Å². The molecule has 5 aromatic rings. The highest BCUT2D eigenvalue weighted by atomic mass is 32.1. The molecule has 0 aliphatic heterocycles. The second-order valence-electron chi connectivity index (χ2n) is 6.74. The van der Waals surface area contributed by atoms with E-state index < -0.39 is 0 Å². The van der Waals surface area contributed by atoms with Gasteiger partial charge in [0.1, 0.15) is 0 Å². The third kappa shape index (κ3) is 1.79. The Hall–Kier alpha value is -2.78. The number of para-hydroxylation sites is 1. The second kappa shape index (κ2) is 4.87. The SMILES string of the molecule is C1=CCC(n2c3cscc3c3cc4c(cc32)[nH]c2ccccc24)C=C1. The first-order valence-electron chi connectivity index (χ1n) is 8.64. The maximum atomic E-state index is 3.59. The first-order chi connectivity index (χ1) is 12.4. The Morgan fingerprint density at radius 3 is 2.76 bits per heavy atom. The number of aromatic amines is 1. The molecular weight excluding hydrogens is 324 g/mol. The van der Waals surface area contributed by atoms with E-state index in [1.165, 1.54) is 43.6 Å². The summed E-state index contributed by atoms with van der Waals surface area (Å²) in [5.74, 6) is 0. The molecule has 0 saturated carbocycles. The summed E-state index contributed by atoms with van der Waals surface area (Å²) in [5.41, 5.74) is 5.09. The van der Waals surface area contributed by atoms with Crippen LogP contribution in [-0.2, 0) is 0 Å². The van der Waals surface area contributed by atoms with Crippen molar-refractivity contribution in [1.82, 2.24) is 9.55 Å². The predicted molar refractivity (Wildman–Crippen MR) is 109 cm³/mol. The number of fused-ring (bicyclic) bond motifs is 6. The number of benzene rings is 2. The van der Waals surface area contributed by atoms with Gasteiger partial charge in [-0.3, -0.25) is 0 Å². The van der Waals surface area contributed by atoms with Gasteiger partial charge in [0.25, 0.3) is 0 Å². The van der Waals surface area contributed by atoms with Crippen molar-refractivity contribution in [2.24, 2.45) is 0 Å². The summed E-state index contributed by atoms with van der Waals surface area (Å²) in [4.78, 5) is 3.59. The molecule has 0 radical (unpaired) electrons. The first kappa shape index (κ1) is 13.5. The van der Waals surface area contributed by atoms with Gasteiger partial charge in [-0.25, -0.2) is 0 Å². The van der Waals surface area contributed by atoms with Gasteiger partial charge in [-0.1, -0.05) is 42.5 Å². The largest absolute Gasteiger partial charge is 0.354 e. The van der Waals surface area contributed by atoms with Gasteiger partial charge in [0.15, 0.2) is 0 Å². The van der Waals surface area contributed by atoms with Gasteiger partial charge in [0.2, 0.25) is 0 Å². The van der Waals surface area contributed by atoms with Crippen molar-refractivity contribution in [3.8, 4) is 0 Å². The number of nitrogens with zero attached hydrogens (tertiary/aromatic N) is 1. The molecule has 0 saturated heterocycles. The van der Waals surface area contributed by atoms with Crippen LogP contribution >= 0.6 is 11.3 Å². The molecule has 1 aliphatic carbocycles. The highest BCUT2D eigenvalue weighted by molar-refractivity contribution is 7.09.